The molecule has 0 bridgehead atoms. The molecular formula is C32H37N5O6S. The number of amides is 1. The fraction of sp³-hybridized carbons (Fsp3) is 0.500. The van der Waals surface area contributed by atoms with Gasteiger partial charge in [-0.15, -0.1) is 0 Å². The number of benzene rings is 2. The van der Waals surface area contributed by atoms with E-state index in [1.165, 1.54) is 38.3 Å². The third-order valence-electron chi connectivity index (χ3n) is 10.3. The summed E-state index contributed by atoms with van der Waals surface area (Å²) in [4.78, 5) is 20.0. The van der Waals surface area contributed by atoms with Gasteiger partial charge in [-0.25, -0.2) is 8.42 Å². The van der Waals surface area contributed by atoms with Gasteiger partial charge in [-0.05, 0) is 74.9 Å². The number of anilines is 2. The monoisotopic (exact) mass is 619 g/mol. The molecule has 4 heterocycles. The normalized spacial score (nSPS) is 21.7. The van der Waals surface area contributed by atoms with Gasteiger partial charge in [-0.3, -0.25) is 14.4 Å². The summed E-state index contributed by atoms with van der Waals surface area (Å²) in [5.74, 6) is 0.673. The number of carbonyl (C=O) groups excluding carboxylic acids is 1. The van der Waals surface area contributed by atoms with Gasteiger partial charge < -0.3 is 23.8 Å². The molecular weight excluding hydrogens is 582 g/mol. The van der Waals surface area contributed by atoms with Gasteiger partial charge in [0, 0.05) is 66.6 Å². The topological polar surface area (TPSA) is 117 Å². The molecule has 2 aliphatic carbocycles. The highest BCUT2D eigenvalue weighted by Gasteiger charge is 2.51. The molecule has 3 aromatic rings. The third-order valence-corrected chi connectivity index (χ3v) is 11.7. The summed E-state index contributed by atoms with van der Waals surface area (Å²) < 4.78 is 47.7. The van der Waals surface area contributed by atoms with E-state index in [0.717, 1.165) is 68.7 Å². The minimum Gasteiger partial charge on any atom is -0.495 e. The lowest BCUT2D eigenvalue weighted by Gasteiger charge is -2.37. The maximum Gasteiger partial charge on any atom is 0.270 e. The molecule has 11 nitrogen and oxygen atoms in total. The number of piperazine rings is 1. The van der Waals surface area contributed by atoms with E-state index >= 15 is 0 Å². The van der Waals surface area contributed by atoms with Crippen LogP contribution in [0.25, 0.3) is 11.3 Å². The number of carbonyl (C=O) groups is 1. The molecule has 1 amide bonds. The Labute approximate surface area is 257 Å². The second kappa shape index (κ2) is 10.1. The van der Waals surface area contributed by atoms with E-state index in [0.29, 0.717) is 36.9 Å². The van der Waals surface area contributed by atoms with Crippen molar-refractivity contribution in [2.75, 3.05) is 63.1 Å². The Kier molecular flexibility index (Phi) is 6.39. The number of methoxy groups -OCH3 is 2. The summed E-state index contributed by atoms with van der Waals surface area (Å²) in [6.45, 7) is 5.27. The molecule has 0 radical (unpaired) electrons. The largest absolute Gasteiger partial charge is 0.495 e. The van der Waals surface area contributed by atoms with Gasteiger partial charge in [0.1, 0.15) is 11.5 Å². The molecule has 1 spiro atoms. The van der Waals surface area contributed by atoms with Crippen LogP contribution >= 0.6 is 0 Å². The number of nitrogens with zero attached hydrogens (tertiary/aromatic N) is 4. The maximum absolute atomic E-state index is 14.0. The van der Waals surface area contributed by atoms with Gasteiger partial charge in [0.2, 0.25) is 0 Å². The molecule has 0 unspecified atom stereocenters. The lowest BCUT2D eigenvalue weighted by Crippen LogP contribution is -2.52. The molecule has 1 atom stereocenters. The van der Waals surface area contributed by atoms with Crippen molar-refractivity contribution in [1.29, 1.82) is 0 Å². The maximum atomic E-state index is 14.0. The first-order valence-electron chi connectivity index (χ1n) is 15.5. The fourth-order valence-corrected chi connectivity index (χ4v) is 8.89. The Morgan fingerprint density at radius 2 is 1.80 bits per heavy atom. The van der Waals surface area contributed by atoms with E-state index in [4.69, 9.17) is 14.0 Å². The molecule has 1 N–H and O–H groups in total. The standard InChI is InChI=1S/C32H37N5O6S/c1-41-26-15-20(31(38)37-14-13-36-10-3-5-22(36)19-37)16-27(42-2)29(26)44(39,40)34-30-24-18-32(8-9-32)25-7-6-21(35-11-4-12-35)17-23(25)28(24)43-33-30/h6-7,15-17,22H,3-5,8-14,18-19H2,1-2H3,(H,33,34)/t22-/m0/s1. The predicted octanol–water partition coefficient (Wildman–Crippen LogP) is 3.88. The second-order valence-electron chi connectivity index (χ2n) is 12.8. The average Bonchev–Trinajstić information content (AvgIpc) is 3.42. The molecule has 12 heteroatoms. The SMILES string of the molecule is COc1cc(C(=O)N2CCN3CCC[C@H]3C2)cc(OC)c1S(=O)(=O)Nc1noc2c1CC1(CC1)c1ccc(N3CCC3)cc1-2. The third kappa shape index (κ3) is 4.36. The van der Waals surface area contributed by atoms with Crippen LogP contribution in [-0.4, -0.2) is 88.8 Å². The molecule has 3 aliphatic heterocycles. The summed E-state index contributed by atoms with van der Waals surface area (Å²) in [6, 6.07) is 9.90. The highest BCUT2D eigenvalue weighted by Crippen LogP contribution is 2.59. The molecule has 4 fully saturated rings. The summed E-state index contributed by atoms with van der Waals surface area (Å²) in [7, 11) is -1.47. The number of hydrogen-bond donors (Lipinski definition) is 1. The van der Waals surface area contributed by atoms with Crippen LogP contribution < -0.4 is 19.1 Å². The van der Waals surface area contributed by atoms with Crippen molar-refractivity contribution >= 4 is 27.4 Å². The van der Waals surface area contributed by atoms with Gasteiger partial charge in [-0.2, -0.15) is 0 Å². The number of sulfonamides is 1. The van der Waals surface area contributed by atoms with Crippen LogP contribution in [0.4, 0.5) is 11.5 Å². The zero-order valence-corrected chi connectivity index (χ0v) is 25.9. The zero-order chi connectivity index (χ0) is 30.2. The second-order valence-corrected chi connectivity index (χ2v) is 14.4. The smallest absolute Gasteiger partial charge is 0.270 e. The van der Waals surface area contributed by atoms with E-state index < -0.39 is 10.0 Å². The van der Waals surface area contributed by atoms with Crippen molar-refractivity contribution in [3.8, 4) is 22.8 Å². The number of nitrogens with one attached hydrogen (secondary N) is 1. The van der Waals surface area contributed by atoms with Crippen molar-refractivity contribution in [2.45, 2.75) is 54.9 Å². The van der Waals surface area contributed by atoms with E-state index in [2.05, 4.69) is 37.9 Å². The van der Waals surface area contributed by atoms with Crippen LogP contribution in [-0.2, 0) is 21.9 Å². The van der Waals surface area contributed by atoms with Gasteiger partial charge in [-0.1, -0.05) is 11.2 Å². The number of rotatable bonds is 7. The van der Waals surface area contributed by atoms with Gasteiger partial charge >= 0.3 is 0 Å². The summed E-state index contributed by atoms with van der Waals surface area (Å²) in [5, 5.41) is 4.23. The van der Waals surface area contributed by atoms with Crippen molar-refractivity contribution < 1.29 is 27.2 Å². The van der Waals surface area contributed by atoms with Crippen LogP contribution in [0.2, 0.25) is 0 Å². The van der Waals surface area contributed by atoms with Crippen LogP contribution in [0.1, 0.15) is 53.6 Å². The summed E-state index contributed by atoms with van der Waals surface area (Å²) in [6.07, 6.45) is 6.13. The molecule has 1 aromatic heterocycles. The molecule has 1 saturated carbocycles. The van der Waals surface area contributed by atoms with Crippen molar-refractivity contribution in [2.24, 2.45) is 0 Å². The number of fused-ring (bicyclic) bond motifs is 5. The number of aromatic nitrogens is 1. The van der Waals surface area contributed by atoms with Crippen molar-refractivity contribution in [3.05, 3.63) is 47.0 Å². The number of hydrogen-bond acceptors (Lipinski definition) is 9. The summed E-state index contributed by atoms with van der Waals surface area (Å²) in [5.41, 5.74) is 4.44. The lowest BCUT2D eigenvalue weighted by molar-refractivity contribution is 0.0570. The molecule has 2 aromatic carbocycles. The Morgan fingerprint density at radius 1 is 1.02 bits per heavy atom. The average molecular weight is 620 g/mol. The molecule has 8 rings (SSSR count). The van der Waals surface area contributed by atoms with E-state index in [-0.39, 0.29) is 33.5 Å². The van der Waals surface area contributed by atoms with Gasteiger partial charge in [0.15, 0.2) is 16.5 Å². The van der Waals surface area contributed by atoms with Gasteiger partial charge in [0.05, 0.1) is 14.2 Å². The van der Waals surface area contributed by atoms with Crippen LogP contribution in [0.15, 0.2) is 39.8 Å². The first kappa shape index (κ1) is 27.8. The predicted molar refractivity (Wildman–Crippen MR) is 164 cm³/mol. The Balaban J connectivity index is 1.11. The number of ether oxygens (including phenoxy) is 2. The van der Waals surface area contributed by atoms with Crippen LogP contribution in [0.5, 0.6) is 11.5 Å². The van der Waals surface area contributed by atoms with E-state index in [1.807, 2.05) is 4.90 Å². The molecule has 3 saturated heterocycles. The van der Waals surface area contributed by atoms with Crippen LogP contribution in [0.3, 0.4) is 0 Å². The fourth-order valence-electron chi connectivity index (χ4n) is 7.55. The quantitative estimate of drug-likeness (QED) is 0.421. The van der Waals surface area contributed by atoms with E-state index in [1.54, 1.807) is 0 Å². The minimum atomic E-state index is -4.25. The van der Waals surface area contributed by atoms with Crippen LogP contribution in [0, 0.1) is 0 Å². The van der Waals surface area contributed by atoms with Crippen molar-refractivity contribution in [1.82, 2.24) is 15.0 Å². The lowest BCUT2D eigenvalue weighted by atomic mass is 9.79. The Hall–Kier alpha value is -3.77. The Bertz CT molecular complexity index is 1740. The molecule has 5 aliphatic rings. The van der Waals surface area contributed by atoms with Gasteiger partial charge in [0.25, 0.3) is 15.9 Å². The Morgan fingerprint density at radius 3 is 2.48 bits per heavy atom. The summed E-state index contributed by atoms with van der Waals surface area (Å²) >= 11 is 0. The van der Waals surface area contributed by atoms with E-state index in [9.17, 15) is 13.2 Å². The molecule has 44 heavy (non-hydrogen) atoms. The zero-order valence-electron chi connectivity index (χ0n) is 25.1. The minimum absolute atomic E-state index is 0.0249. The molecule has 232 valence electrons. The first-order chi connectivity index (χ1) is 21.3. The first-order valence-corrected chi connectivity index (χ1v) is 17.0. The van der Waals surface area contributed by atoms with Crippen molar-refractivity contribution in [3.63, 3.8) is 0 Å². The highest BCUT2D eigenvalue weighted by atomic mass is 32.2. The highest BCUT2D eigenvalue weighted by molar-refractivity contribution is 7.93.